The fourth-order valence-electron chi connectivity index (χ4n) is 2.27. The first-order valence-electron chi connectivity index (χ1n) is 6.89. The van der Waals surface area contributed by atoms with Gasteiger partial charge in [-0.05, 0) is 31.5 Å². The van der Waals surface area contributed by atoms with Gasteiger partial charge in [0.2, 0.25) is 0 Å². The average molecular weight is 291 g/mol. The maximum atomic E-state index is 13.9. The van der Waals surface area contributed by atoms with Crippen molar-refractivity contribution in [1.82, 2.24) is 5.32 Å². The van der Waals surface area contributed by atoms with Gasteiger partial charge in [0.15, 0.2) is 0 Å². The van der Waals surface area contributed by atoms with Crippen molar-refractivity contribution in [1.29, 1.82) is 0 Å². The van der Waals surface area contributed by atoms with Gasteiger partial charge in [0.05, 0.1) is 12.2 Å². The van der Waals surface area contributed by atoms with Crippen LogP contribution in [0.3, 0.4) is 0 Å². The van der Waals surface area contributed by atoms with Crippen molar-refractivity contribution in [2.75, 3.05) is 19.8 Å². The van der Waals surface area contributed by atoms with Crippen LogP contribution in [0.1, 0.15) is 29.3 Å². The van der Waals surface area contributed by atoms with E-state index in [9.17, 15) is 9.18 Å². The maximum Gasteiger partial charge on any atom is 0.254 e. The van der Waals surface area contributed by atoms with Crippen LogP contribution < -0.4 is 5.32 Å². The number of hydrogen-bond acceptors (Lipinski definition) is 3. The molecule has 5 heteroatoms. The van der Waals surface area contributed by atoms with E-state index < -0.39 is 11.7 Å². The molecular weight excluding hydrogens is 273 g/mol. The van der Waals surface area contributed by atoms with E-state index in [1.165, 1.54) is 12.1 Å². The zero-order valence-electron chi connectivity index (χ0n) is 11.9. The van der Waals surface area contributed by atoms with E-state index in [1.54, 1.807) is 6.07 Å². The van der Waals surface area contributed by atoms with Gasteiger partial charge in [-0.2, -0.15) is 0 Å². The summed E-state index contributed by atoms with van der Waals surface area (Å²) < 4.78 is 19.2. The standard InChI is InChI=1S/C16H18FNO3/c1-11(13-6-8-21-10-13)18-16(20)14-5-4-12(3-2-7-19)9-15(14)17/h4-5,9,11,13,19H,6-8,10H2,1H3,(H,18,20). The van der Waals surface area contributed by atoms with Crippen LogP contribution in [0.4, 0.5) is 4.39 Å². The predicted octanol–water partition coefficient (Wildman–Crippen LogP) is 1.32. The van der Waals surface area contributed by atoms with Crippen molar-refractivity contribution >= 4 is 5.91 Å². The second kappa shape index (κ2) is 7.21. The van der Waals surface area contributed by atoms with Crippen molar-refractivity contribution in [3.63, 3.8) is 0 Å². The van der Waals surface area contributed by atoms with E-state index in [0.29, 0.717) is 18.8 Å². The molecule has 1 aromatic rings. The Morgan fingerprint density at radius 1 is 1.62 bits per heavy atom. The molecule has 1 aliphatic heterocycles. The molecule has 1 fully saturated rings. The van der Waals surface area contributed by atoms with Gasteiger partial charge in [-0.1, -0.05) is 11.8 Å². The second-order valence-electron chi connectivity index (χ2n) is 5.04. The van der Waals surface area contributed by atoms with Crippen LogP contribution in [-0.4, -0.2) is 36.9 Å². The van der Waals surface area contributed by atoms with Crippen LogP contribution in [0.15, 0.2) is 18.2 Å². The summed E-state index contributed by atoms with van der Waals surface area (Å²) in [6.45, 7) is 2.94. The molecule has 0 radical (unpaired) electrons. The third-order valence-corrected chi connectivity index (χ3v) is 3.56. The van der Waals surface area contributed by atoms with Crippen LogP contribution in [-0.2, 0) is 4.74 Å². The highest BCUT2D eigenvalue weighted by molar-refractivity contribution is 5.94. The molecule has 2 unspecified atom stereocenters. The minimum atomic E-state index is -0.618. The number of halogens is 1. The van der Waals surface area contributed by atoms with Gasteiger partial charge in [0.25, 0.3) is 5.91 Å². The number of hydrogen-bond donors (Lipinski definition) is 2. The smallest absolute Gasteiger partial charge is 0.254 e. The number of amides is 1. The Kier molecular flexibility index (Phi) is 5.32. The summed E-state index contributed by atoms with van der Waals surface area (Å²) in [4.78, 5) is 12.1. The first-order chi connectivity index (χ1) is 10.1. The first kappa shape index (κ1) is 15.5. The highest BCUT2D eigenvalue weighted by Gasteiger charge is 2.24. The predicted molar refractivity (Wildman–Crippen MR) is 76.2 cm³/mol. The van der Waals surface area contributed by atoms with E-state index in [0.717, 1.165) is 6.42 Å². The number of carbonyl (C=O) groups excluding carboxylic acids is 1. The summed E-state index contributed by atoms with van der Waals surface area (Å²) in [5.41, 5.74) is 0.422. The molecule has 0 aromatic heterocycles. The molecule has 112 valence electrons. The van der Waals surface area contributed by atoms with Gasteiger partial charge in [-0.25, -0.2) is 4.39 Å². The Bertz CT molecular complexity index is 571. The molecule has 1 saturated heterocycles. The molecule has 1 aromatic carbocycles. The quantitative estimate of drug-likeness (QED) is 0.826. The minimum absolute atomic E-state index is 0.00434. The topological polar surface area (TPSA) is 58.6 Å². The van der Waals surface area contributed by atoms with Crippen LogP contribution >= 0.6 is 0 Å². The van der Waals surface area contributed by atoms with E-state index in [1.807, 2.05) is 6.92 Å². The van der Waals surface area contributed by atoms with E-state index >= 15 is 0 Å². The SMILES string of the molecule is CC(NC(=O)c1ccc(C#CCO)cc1F)C1CCOC1. The summed E-state index contributed by atoms with van der Waals surface area (Å²) in [5.74, 6) is 4.25. The average Bonchev–Trinajstić information content (AvgIpc) is 2.99. The van der Waals surface area contributed by atoms with Gasteiger partial charge >= 0.3 is 0 Å². The molecule has 0 spiro atoms. The zero-order valence-corrected chi connectivity index (χ0v) is 11.9. The highest BCUT2D eigenvalue weighted by Crippen LogP contribution is 2.17. The fourth-order valence-corrected chi connectivity index (χ4v) is 2.27. The number of carbonyl (C=O) groups is 1. The Balaban J connectivity index is 2.05. The normalized spacial score (nSPS) is 18.7. The van der Waals surface area contributed by atoms with E-state index in [-0.39, 0.29) is 24.1 Å². The maximum absolute atomic E-state index is 13.9. The zero-order chi connectivity index (χ0) is 15.2. The van der Waals surface area contributed by atoms with Crippen LogP contribution in [0.25, 0.3) is 0 Å². The Morgan fingerprint density at radius 3 is 3.05 bits per heavy atom. The lowest BCUT2D eigenvalue weighted by atomic mass is 10.00. The monoisotopic (exact) mass is 291 g/mol. The molecule has 0 saturated carbocycles. The molecule has 2 N–H and O–H groups in total. The van der Waals surface area contributed by atoms with Crippen molar-refractivity contribution in [2.24, 2.45) is 5.92 Å². The lowest BCUT2D eigenvalue weighted by molar-refractivity contribution is 0.0918. The molecule has 1 aliphatic rings. The fraction of sp³-hybridized carbons (Fsp3) is 0.438. The molecule has 1 amide bonds. The first-order valence-corrected chi connectivity index (χ1v) is 6.89. The number of nitrogens with one attached hydrogen (secondary N) is 1. The van der Waals surface area contributed by atoms with E-state index in [2.05, 4.69) is 17.2 Å². The largest absolute Gasteiger partial charge is 0.384 e. The lowest BCUT2D eigenvalue weighted by Crippen LogP contribution is -2.38. The third kappa shape index (κ3) is 4.03. The number of aliphatic hydroxyl groups excluding tert-OH is 1. The molecule has 21 heavy (non-hydrogen) atoms. The Hall–Kier alpha value is -1.90. The van der Waals surface area contributed by atoms with Gasteiger partial charge < -0.3 is 15.2 Å². The number of aliphatic hydroxyl groups is 1. The number of ether oxygens (including phenoxy) is 1. The molecule has 2 rings (SSSR count). The van der Waals surface area contributed by atoms with Crippen molar-refractivity contribution in [3.05, 3.63) is 35.1 Å². The minimum Gasteiger partial charge on any atom is -0.384 e. The summed E-state index contributed by atoms with van der Waals surface area (Å²) in [6.07, 6.45) is 0.902. The molecule has 0 bridgehead atoms. The number of benzene rings is 1. The summed E-state index contributed by atoms with van der Waals surface area (Å²) in [6, 6.07) is 4.10. The summed E-state index contributed by atoms with van der Waals surface area (Å²) in [5, 5.41) is 11.4. The number of rotatable bonds is 3. The molecular formula is C16H18FNO3. The third-order valence-electron chi connectivity index (χ3n) is 3.56. The Morgan fingerprint density at radius 2 is 2.43 bits per heavy atom. The molecule has 2 atom stereocenters. The van der Waals surface area contributed by atoms with Gasteiger partial charge in [-0.3, -0.25) is 4.79 Å². The van der Waals surface area contributed by atoms with Crippen molar-refractivity contribution in [3.8, 4) is 11.8 Å². The molecule has 0 aliphatic carbocycles. The van der Waals surface area contributed by atoms with Gasteiger partial charge in [-0.15, -0.1) is 0 Å². The van der Waals surface area contributed by atoms with E-state index in [4.69, 9.17) is 9.84 Å². The summed E-state index contributed by atoms with van der Waals surface area (Å²) in [7, 11) is 0. The van der Waals surface area contributed by atoms with Crippen molar-refractivity contribution < 1.29 is 19.0 Å². The molecule has 4 nitrogen and oxygen atoms in total. The highest BCUT2D eigenvalue weighted by atomic mass is 19.1. The second-order valence-corrected chi connectivity index (χ2v) is 5.04. The van der Waals surface area contributed by atoms with Gasteiger partial charge in [0, 0.05) is 24.1 Å². The van der Waals surface area contributed by atoms with Gasteiger partial charge in [0.1, 0.15) is 12.4 Å². The summed E-state index contributed by atoms with van der Waals surface area (Å²) >= 11 is 0. The van der Waals surface area contributed by atoms with Crippen LogP contribution in [0.2, 0.25) is 0 Å². The van der Waals surface area contributed by atoms with Crippen LogP contribution in [0.5, 0.6) is 0 Å². The lowest BCUT2D eigenvalue weighted by Gasteiger charge is -2.19. The van der Waals surface area contributed by atoms with Crippen LogP contribution in [0, 0.1) is 23.6 Å². The molecule has 1 heterocycles. The van der Waals surface area contributed by atoms with Crippen molar-refractivity contribution in [2.45, 2.75) is 19.4 Å². The Labute approximate surface area is 123 Å².